The van der Waals surface area contributed by atoms with E-state index in [2.05, 4.69) is 15.6 Å². The van der Waals surface area contributed by atoms with E-state index in [1.54, 1.807) is 17.9 Å². The Morgan fingerprint density at radius 1 is 1.73 bits per heavy atom. The van der Waals surface area contributed by atoms with Gasteiger partial charge in [-0.05, 0) is 18.6 Å². The molecule has 2 rings (SSSR count). The Labute approximate surface area is 92.6 Å². The lowest BCUT2D eigenvalue weighted by atomic mass is 10.1. The Morgan fingerprint density at radius 2 is 2.60 bits per heavy atom. The van der Waals surface area contributed by atoms with Crippen molar-refractivity contribution in [2.75, 3.05) is 16.8 Å². The number of nitrogens with one attached hydrogen (secondary N) is 1. The topological polar surface area (TPSA) is 59.8 Å². The highest BCUT2D eigenvalue weighted by molar-refractivity contribution is 7.99. The first-order chi connectivity index (χ1) is 7.27. The molecule has 1 atom stereocenters. The molecule has 1 saturated heterocycles. The van der Waals surface area contributed by atoms with Crippen LogP contribution in [0.2, 0.25) is 0 Å². The fraction of sp³-hybridized carbons (Fsp3) is 0.667. The summed E-state index contributed by atoms with van der Waals surface area (Å²) in [6.45, 7) is 0. The highest BCUT2D eigenvalue weighted by atomic mass is 32.2. The minimum absolute atomic E-state index is 0.0904. The summed E-state index contributed by atoms with van der Waals surface area (Å²) in [7, 11) is 1.76. The van der Waals surface area contributed by atoms with Crippen LogP contribution in [0.1, 0.15) is 12.8 Å². The third-order valence-electron chi connectivity index (χ3n) is 2.50. The van der Waals surface area contributed by atoms with Gasteiger partial charge in [0.25, 0.3) is 0 Å². The number of hydrogen-bond donors (Lipinski definition) is 1. The molecule has 1 aliphatic rings. The van der Waals surface area contributed by atoms with Gasteiger partial charge in [-0.2, -0.15) is 11.8 Å². The SMILES string of the molecule is Cn1nncc1NC(=O)C1CCCSC1. The second-order valence-corrected chi connectivity index (χ2v) is 4.80. The summed E-state index contributed by atoms with van der Waals surface area (Å²) in [5.74, 6) is 3.00. The van der Waals surface area contributed by atoms with E-state index >= 15 is 0 Å². The highest BCUT2D eigenvalue weighted by Crippen LogP contribution is 2.23. The van der Waals surface area contributed by atoms with Crippen LogP contribution in [0.25, 0.3) is 0 Å². The van der Waals surface area contributed by atoms with Crippen molar-refractivity contribution in [3.05, 3.63) is 6.20 Å². The van der Waals surface area contributed by atoms with Crippen LogP contribution in [0.3, 0.4) is 0 Å². The van der Waals surface area contributed by atoms with Crippen LogP contribution in [0, 0.1) is 5.92 Å². The molecule has 1 aliphatic heterocycles. The zero-order chi connectivity index (χ0) is 10.7. The fourth-order valence-electron chi connectivity index (χ4n) is 1.58. The summed E-state index contributed by atoms with van der Waals surface area (Å²) in [4.78, 5) is 11.8. The third-order valence-corrected chi connectivity index (χ3v) is 3.71. The molecule has 15 heavy (non-hydrogen) atoms. The molecule has 1 fully saturated rings. The van der Waals surface area contributed by atoms with Crippen molar-refractivity contribution >= 4 is 23.5 Å². The van der Waals surface area contributed by atoms with Gasteiger partial charge in [0.15, 0.2) is 5.82 Å². The number of thioether (sulfide) groups is 1. The van der Waals surface area contributed by atoms with Crippen molar-refractivity contribution in [3.8, 4) is 0 Å². The van der Waals surface area contributed by atoms with E-state index in [0.717, 1.165) is 18.6 Å². The normalized spacial score (nSPS) is 21.3. The first-order valence-corrected chi connectivity index (χ1v) is 6.16. The smallest absolute Gasteiger partial charge is 0.229 e. The number of nitrogens with zero attached hydrogens (tertiary/aromatic N) is 3. The standard InChI is InChI=1S/C9H14N4OS/c1-13-8(5-10-12-13)11-9(14)7-3-2-4-15-6-7/h5,7H,2-4,6H2,1H3,(H,11,14). The summed E-state index contributed by atoms with van der Waals surface area (Å²) in [5, 5.41) is 10.3. The Kier molecular flexibility index (Phi) is 3.25. The van der Waals surface area contributed by atoms with Crippen molar-refractivity contribution in [1.29, 1.82) is 0 Å². The number of anilines is 1. The van der Waals surface area contributed by atoms with Crippen molar-refractivity contribution in [2.45, 2.75) is 12.8 Å². The van der Waals surface area contributed by atoms with Crippen molar-refractivity contribution in [3.63, 3.8) is 0 Å². The molecule has 82 valence electrons. The highest BCUT2D eigenvalue weighted by Gasteiger charge is 2.22. The number of carbonyl (C=O) groups is 1. The maximum atomic E-state index is 11.8. The van der Waals surface area contributed by atoms with Crippen LogP contribution in [0.4, 0.5) is 5.82 Å². The predicted molar refractivity (Wildman–Crippen MR) is 59.7 cm³/mol. The van der Waals surface area contributed by atoms with Crippen LogP contribution in [0.5, 0.6) is 0 Å². The molecule has 2 heterocycles. The Balaban J connectivity index is 1.94. The van der Waals surface area contributed by atoms with E-state index in [1.165, 1.54) is 5.75 Å². The van der Waals surface area contributed by atoms with Gasteiger partial charge in [-0.15, -0.1) is 5.10 Å². The molecule has 0 aromatic carbocycles. The van der Waals surface area contributed by atoms with Gasteiger partial charge in [-0.3, -0.25) is 4.79 Å². The van der Waals surface area contributed by atoms with Crippen LogP contribution in [-0.4, -0.2) is 32.4 Å². The number of rotatable bonds is 2. The summed E-state index contributed by atoms with van der Waals surface area (Å²) >= 11 is 1.85. The second kappa shape index (κ2) is 4.65. The summed E-state index contributed by atoms with van der Waals surface area (Å²) in [5.41, 5.74) is 0. The number of aromatic nitrogens is 3. The quantitative estimate of drug-likeness (QED) is 0.814. The molecular weight excluding hydrogens is 212 g/mol. The molecule has 0 saturated carbocycles. The number of carbonyl (C=O) groups excluding carboxylic acids is 1. The monoisotopic (exact) mass is 226 g/mol. The number of aryl methyl sites for hydroxylation is 1. The summed E-state index contributed by atoms with van der Waals surface area (Å²) in [6.07, 6.45) is 3.68. The Bertz CT molecular complexity index is 346. The fourth-order valence-corrected chi connectivity index (χ4v) is 2.72. The zero-order valence-corrected chi connectivity index (χ0v) is 9.46. The average Bonchev–Trinajstić information content (AvgIpc) is 2.66. The van der Waals surface area contributed by atoms with Crippen molar-refractivity contribution in [2.24, 2.45) is 13.0 Å². The van der Waals surface area contributed by atoms with E-state index in [0.29, 0.717) is 5.82 Å². The van der Waals surface area contributed by atoms with Gasteiger partial charge in [0.1, 0.15) is 0 Å². The minimum atomic E-state index is 0.0904. The molecule has 5 nitrogen and oxygen atoms in total. The van der Waals surface area contributed by atoms with E-state index in [4.69, 9.17) is 0 Å². The molecule has 1 aromatic rings. The van der Waals surface area contributed by atoms with E-state index in [-0.39, 0.29) is 11.8 Å². The van der Waals surface area contributed by atoms with Crippen LogP contribution in [0.15, 0.2) is 6.20 Å². The molecule has 6 heteroatoms. The maximum absolute atomic E-state index is 11.8. The van der Waals surface area contributed by atoms with Gasteiger partial charge in [0, 0.05) is 18.7 Å². The molecular formula is C9H14N4OS. The van der Waals surface area contributed by atoms with E-state index < -0.39 is 0 Å². The van der Waals surface area contributed by atoms with E-state index in [9.17, 15) is 4.79 Å². The maximum Gasteiger partial charge on any atom is 0.229 e. The van der Waals surface area contributed by atoms with Crippen LogP contribution in [-0.2, 0) is 11.8 Å². The molecule has 1 amide bonds. The summed E-state index contributed by atoms with van der Waals surface area (Å²) in [6, 6.07) is 0. The molecule has 0 aliphatic carbocycles. The zero-order valence-electron chi connectivity index (χ0n) is 8.64. The molecule has 1 aromatic heterocycles. The van der Waals surface area contributed by atoms with Gasteiger partial charge >= 0.3 is 0 Å². The van der Waals surface area contributed by atoms with Gasteiger partial charge < -0.3 is 5.32 Å². The molecule has 0 spiro atoms. The van der Waals surface area contributed by atoms with Gasteiger partial charge in [0.05, 0.1) is 6.20 Å². The molecule has 0 bridgehead atoms. The van der Waals surface area contributed by atoms with Gasteiger partial charge in [0.2, 0.25) is 5.91 Å². The first-order valence-electron chi connectivity index (χ1n) is 5.00. The third kappa shape index (κ3) is 2.50. The van der Waals surface area contributed by atoms with E-state index in [1.807, 2.05) is 11.8 Å². The first kappa shape index (κ1) is 10.5. The predicted octanol–water partition coefficient (Wildman–Crippen LogP) is 0.897. The second-order valence-electron chi connectivity index (χ2n) is 3.65. The number of hydrogen-bond acceptors (Lipinski definition) is 4. The lowest BCUT2D eigenvalue weighted by Gasteiger charge is -2.20. The van der Waals surface area contributed by atoms with Crippen LogP contribution >= 0.6 is 11.8 Å². The lowest BCUT2D eigenvalue weighted by molar-refractivity contribution is -0.119. The Morgan fingerprint density at radius 3 is 3.20 bits per heavy atom. The van der Waals surface area contributed by atoms with Crippen LogP contribution < -0.4 is 5.32 Å². The molecule has 0 radical (unpaired) electrons. The largest absolute Gasteiger partial charge is 0.309 e. The number of amides is 1. The van der Waals surface area contributed by atoms with Gasteiger partial charge in [-0.25, -0.2) is 4.68 Å². The van der Waals surface area contributed by atoms with Crippen molar-refractivity contribution in [1.82, 2.24) is 15.0 Å². The molecule has 1 N–H and O–H groups in total. The minimum Gasteiger partial charge on any atom is -0.309 e. The van der Waals surface area contributed by atoms with Gasteiger partial charge in [-0.1, -0.05) is 5.21 Å². The summed E-state index contributed by atoms with van der Waals surface area (Å²) < 4.78 is 1.56. The van der Waals surface area contributed by atoms with Crippen molar-refractivity contribution < 1.29 is 4.79 Å². The molecule has 1 unspecified atom stereocenters. The average molecular weight is 226 g/mol. The lowest BCUT2D eigenvalue weighted by Crippen LogP contribution is -2.27. The Hall–Kier alpha value is -1.04.